The molecule has 1 aliphatic heterocycles. The number of nitrogens with one attached hydrogen (secondary N) is 1. The van der Waals surface area contributed by atoms with E-state index in [1.165, 1.54) is 22.8 Å². The summed E-state index contributed by atoms with van der Waals surface area (Å²) < 4.78 is 0. The molecule has 1 aromatic rings. The largest absolute Gasteiger partial charge is 0.367 e. The molecule has 1 fully saturated rings. The molecular weight excluding hydrogens is 276 g/mol. The zero-order chi connectivity index (χ0) is 13.8. The summed E-state index contributed by atoms with van der Waals surface area (Å²) >= 11 is 8.49. The Morgan fingerprint density at radius 3 is 2.95 bits per heavy atom. The Bertz CT molecular complexity index is 425. The number of thioether (sulfide) groups is 1. The Labute approximate surface area is 125 Å². The normalized spacial score (nSPS) is 21.5. The highest BCUT2D eigenvalue weighted by molar-refractivity contribution is 7.99. The van der Waals surface area contributed by atoms with Crippen molar-refractivity contribution in [2.45, 2.75) is 32.9 Å². The SMILES string of the molecule is CCNC(C)c1ccc(N2CCSCC2C)cc1Cl. The molecule has 1 N–H and O–H groups in total. The van der Waals surface area contributed by atoms with Crippen molar-refractivity contribution < 1.29 is 0 Å². The van der Waals surface area contributed by atoms with Crippen molar-refractivity contribution in [1.82, 2.24) is 5.32 Å². The average Bonchev–Trinajstić information content (AvgIpc) is 2.39. The van der Waals surface area contributed by atoms with Crippen LogP contribution >= 0.6 is 23.4 Å². The lowest BCUT2D eigenvalue weighted by molar-refractivity contribution is 0.598. The molecule has 19 heavy (non-hydrogen) atoms. The minimum atomic E-state index is 0.306. The van der Waals surface area contributed by atoms with Crippen LogP contribution in [0, 0.1) is 0 Å². The smallest absolute Gasteiger partial charge is 0.0474 e. The number of hydrogen-bond acceptors (Lipinski definition) is 3. The van der Waals surface area contributed by atoms with Crippen LogP contribution in [0.3, 0.4) is 0 Å². The van der Waals surface area contributed by atoms with Gasteiger partial charge in [0.15, 0.2) is 0 Å². The third-order valence-electron chi connectivity index (χ3n) is 3.66. The van der Waals surface area contributed by atoms with Crippen LogP contribution in [0.4, 0.5) is 5.69 Å². The van der Waals surface area contributed by atoms with Gasteiger partial charge in [-0.25, -0.2) is 0 Å². The quantitative estimate of drug-likeness (QED) is 0.906. The summed E-state index contributed by atoms with van der Waals surface area (Å²) in [6.45, 7) is 8.63. The molecule has 0 aliphatic carbocycles. The van der Waals surface area contributed by atoms with Gasteiger partial charge >= 0.3 is 0 Å². The second-order valence-corrected chi connectivity index (χ2v) is 6.66. The summed E-state index contributed by atoms with van der Waals surface area (Å²) in [7, 11) is 0. The van der Waals surface area contributed by atoms with Gasteiger partial charge in [0.2, 0.25) is 0 Å². The maximum absolute atomic E-state index is 6.46. The van der Waals surface area contributed by atoms with E-state index in [-0.39, 0.29) is 0 Å². The van der Waals surface area contributed by atoms with Crippen LogP contribution in [-0.2, 0) is 0 Å². The lowest BCUT2D eigenvalue weighted by Gasteiger charge is -2.35. The first-order valence-corrected chi connectivity index (χ1v) is 8.54. The number of halogens is 1. The molecule has 2 atom stereocenters. The van der Waals surface area contributed by atoms with Crippen LogP contribution in [0.5, 0.6) is 0 Å². The average molecular weight is 299 g/mol. The lowest BCUT2D eigenvalue weighted by Crippen LogP contribution is -2.40. The van der Waals surface area contributed by atoms with Crippen LogP contribution in [0.2, 0.25) is 5.02 Å². The van der Waals surface area contributed by atoms with Gasteiger partial charge < -0.3 is 10.2 Å². The third kappa shape index (κ3) is 3.59. The molecule has 2 rings (SSSR count). The Morgan fingerprint density at radius 1 is 1.53 bits per heavy atom. The van der Waals surface area contributed by atoms with E-state index < -0.39 is 0 Å². The summed E-state index contributed by atoms with van der Waals surface area (Å²) in [6, 6.07) is 7.39. The van der Waals surface area contributed by atoms with Crippen LogP contribution in [-0.4, -0.2) is 30.6 Å². The number of benzene rings is 1. The van der Waals surface area contributed by atoms with Crippen molar-refractivity contribution in [2.24, 2.45) is 0 Å². The van der Waals surface area contributed by atoms with Crippen LogP contribution < -0.4 is 10.2 Å². The highest BCUT2D eigenvalue weighted by Crippen LogP contribution is 2.30. The molecule has 1 aromatic carbocycles. The van der Waals surface area contributed by atoms with Gasteiger partial charge in [0, 0.05) is 40.8 Å². The first-order valence-electron chi connectivity index (χ1n) is 7.00. The van der Waals surface area contributed by atoms with Crippen molar-refractivity contribution in [3.63, 3.8) is 0 Å². The second-order valence-electron chi connectivity index (χ2n) is 5.10. The minimum absolute atomic E-state index is 0.306. The third-order valence-corrected chi connectivity index (χ3v) is 5.18. The van der Waals surface area contributed by atoms with Crippen molar-refractivity contribution >= 4 is 29.1 Å². The number of nitrogens with zero attached hydrogens (tertiary/aromatic N) is 1. The topological polar surface area (TPSA) is 15.3 Å². The van der Waals surface area contributed by atoms with Gasteiger partial charge in [-0.3, -0.25) is 0 Å². The highest BCUT2D eigenvalue weighted by atomic mass is 35.5. The van der Waals surface area contributed by atoms with Crippen LogP contribution in [0.15, 0.2) is 18.2 Å². The molecule has 106 valence electrons. The van der Waals surface area contributed by atoms with Gasteiger partial charge in [-0.05, 0) is 38.1 Å². The Kier molecular flexibility index (Phi) is 5.43. The Balaban J connectivity index is 2.18. The predicted octanol–water partition coefficient (Wildman–Crippen LogP) is 3.95. The first kappa shape index (κ1) is 15.0. The van der Waals surface area contributed by atoms with E-state index >= 15 is 0 Å². The van der Waals surface area contributed by atoms with E-state index in [0.717, 1.165) is 18.1 Å². The number of rotatable bonds is 4. The molecule has 0 radical (unpaired) electrons. The maximum atomic E-state index is 6.46. The number of hydrogen-bond donors (Lipinski definition) is 1. The van der Waals surface area contributed by atoms with E-state index in [0.29, 0.717) is 12.1 Å². The number of anilines is 1. The fraction of sp³-hybridized carbons (Fsp3) is 0.600. The molecule has 1 aliphatic rings. The zero-order valence-corrected chi connectivity index (χ0v) is 13.5. The molecule has 0 bridgehead atoms. The van der Waals surface area contributed by atoms with Crippen molar-refractivity contribution in [3.8, 4) is 0 Å². The van der Waals surface area contributed by atoms with Crippen LogP contribution in [0.25, 0.3) is 0 Å². The molecule has 0 amide bonds. The molecule has 0 saturated carbocycles. The summed E-state index contributed by atoms with van der Waals surface area (Å²) in [5.41, 5.74) is 2.44. The molecule has 4 heteroatoms. The summed E-state index contributed by atoms with van der Waals surface area (Å²) in [5, 5.41) is 4.28. The molecule has 0 spiro atoms. The van der Waals surface area contributed by atoms with Gasteiger partial charge in [0.05, 0.1) is 0 Å². The monoisotopic (exact) mass is 298 g/mol. The summed E-state index contributed by atoms with van der Waals surface area (Å²) in [4.78, 5) is 2.46. The molecule has 2 unspecified atom stereocenters. The van der Waals surface area contributed by atoms with Crippen molar-refractivity contribution in [3.05, 3.63) is 28.8 Å². The molecule has 0 aromatic heterocycles. The standard InChI is InChI=1S/C15H23ClN2S/c1-4-17-12(3)14-6-5-13(9-15(14)16)18-7-8-19-10-11(18)2/h5-6,9,11-12,17H,4,7-8,10H2,1-3H3. The molecule has 1 heterocycles. The van der Waals surface area contributed by atoms with E-state index in [1.54, 1.807) is 0 Å². The predicted molar refractivity (Wildman–Crippen MR) is 87.7 cm³/mol. The van der Waals surface area contributed by atoms with Crippen molar-refractivity contribution in [1.29, 1.82) is 0 Å². The summed E-state index contributed by atoms with van der Waals surface area (Å²) in [5.74, 6) is 2.41. The van der Waals surface area contributed by atoms with E-state index in [1.807, 2.05) is 11.8 Å². The van der Waals surface area contributed by atoms with Gasteiger partial charge in [-0.1, -0.05) is 24.6 Å². The van der Waals surface area contributed by atoms with Gasteiger partial charge in [0.1, 0.15) is 0 Å². The van der Waals surface area contributed by atoms with E-state index in [9.17, 15) is 0 Å². The Morgan fingerprint density at radius 2 is 2.32 bits per heavy atom. The van der Waals surface area contributed by atoms with E-state index in [2.05, 4.69) is 49.2 Å². The molecular formula is C15H23ClN2S. The van der Waals surface area contributed by atoms with Crippen molar-refractivity contribution in [2.75, 3.05) is 29.5 Å². The van der Waals surface area contributed by atoms with Crippen LogP contribution in [0.1, 0.15) is 32.4 Å². The minimum Gasteiger partial charge on any atom is -0.367 e. The highest BCUT2D eigenvalue weighted by Gasteiger charge is 2.20. The zero-order valence-electron chi connectivity index (χ0n) is 11.9. The van der Waals surface area contributed by atoms with Gasteiger partial charge in [0.25, 0.3) is 0 Å². The molecule has 1 saturated heterocycles. The van der Waals surface area contributed by atoms with Gasteiger partial charge in [-0.15, -0.1) is 0 Å². The molecule has 2 nitrogen and oxygen atoms in total. The fourth-order valence-electron chi connectivity index (χ4n) is 2.57. The summed E-state index contributed by atoms with van der Waals surface area (Å²) in [6.07, 6.45) is 0. The maximum Gasteiger partial charge on any atom is 0.0474 e. The Hall–Kier alpha value is -0.380. The fourth-order valence-corrected chi connectivity index (χ4v) is 3.92. The van der Waals surface area contributed by atoms with E-state index in [4.69, 9.17) is 11.6 Å². The second kappa shape index (κ2) is 6.87. The lowest BCUT2D eigenvalue weighted by atomic mass is 10.1. The first-order chi connectivity index (χ1) is 9.13. The van der Waals surface area contributed by atoms with Gasteiger partial charge in [-0.2, -0.15) is 11.8 Å².